The topological polar surface area (TPSA) is 96.9 Å². The molecule has 114 valence electrons. The molecule has 1 amide bonds. The van der Waals surface area contributed by atoms with Crippen molar-refractivity contribution < 1.29 is 24.2 Å². The van der Waals surface area contributed by atoms with Gasteiger partial charge in [0.1, 0.15) is 5.75 Å². The van der Waals surface area contributed by atoms with Crippen molar-refractivity contribution in [1.82, 2.24) is 5.32 Å². The van der Waals surface area contributed by atoms with E-state index < -0.39 is 5.97 Å². The van der Waals surface area contributed by atoms with Crippen LogP contribution in [-0.2, 0) is 9.53 Å². The predicted molar refractivity (Wildman–Crippen MR) is 75.8 cm³/mol. The molecule has 0 bridgehead atoms. The summed E-state index contributed by atoms with van der Waals surface area (Å²) in [6, 6.07) is 4.42. The second-order valence-electron chi connectivity index (χ2n) is 4.67. The van der Waals surface area contributed by atoms with Crippen LogP contribution in [0.2, 0.25) is 0 Å². The van der Waals surface area contributed by atoms with E-state index in [1.54, 1.807) is 0 Å². The minimum atomic E-state index is -1.11. The summed E-state index contributed by atoms with van der Waals surface area (Å²) in [5.74, 6) is -0.922. The Bertz CT molecular complexity index is 526. The number of carbonyl (C=O) groups is 2. The summed E-state index contributed by atoms with van der Waals surface area (Å²) >= 11 is 0. The van der Waals surface area contributed by atoms with E-state index in [1.807, 2.05) is 0 Å². The Hall–Kier alpha value is -2.12. The maximum Gasteiger partial charge on any atom is 0.337 e. The van der Waals surface area contributed by atoms with Gasteiger partial charge in [0.2, 0.25) is 5.91 Å². The molecule has 7 heteroatoms. The van der Waals surface area contributed by atoms with Crippen LogP contribution in [-0.4, -0.2) is 49.9 Å². The molecule has 1 aromatic carbocycles. The molecule has 1 fully saturated rings. The van der Waals surface area contributed by atoms with E-state index in [-0.39, 0.29) is 29.7 Å². The number of hydrogen-bond acceptors (Lipinski definition) is 5. The van der Waals surface area contributed by atoms with Crippen molar-refractivity contribution in [2.45, 2.75) is 12.5 Å². The van der Waals surface area contributed by atoms with E-state index in [1.165, 1.54) is 25.3 Å². The predicted octanol–water partition coefficient (Wildman–Crippen LogP) is 0.710. The van der Waals surface area contributed by atoms with Crippen molar-refractivity contribution in [1.29, 1.82) is 0 Å². The quantitative estimate of drug-likeness (QED) is 0.740. The number of hydrogen-bond donors (Lipinski definition) is 3. The Balaban J connectivity index is 2.06. The summed E-state index contributed by atoms with van der Waals surface area (Å²) in [6.07, 6.45) is -0.0267. The number of carboxylic acids is 1. The minimum Gasteiger partial charge on any atom is -0.497 e. The molecule has 7 nitrogen and oxygen atoms in total. The minimum absolute atomic E-state index is 0.0202. The molecule has 1 unspecified atom stereocenters. The summed E-state index contributed by atoms with van der Waals surface area (Å²) in [6.45, 7) is 1.95. The van der Waals surface area contributed by atoms with E-state index in [2.05, 4.69) is 10.6 Å². The van der Waals surface area contributed by atoms with Crippen LogP contribution in [0.1, 0.15) is 16.8 Å². The lowest BCUT2D eigenvalue weighted by molar-refractivity contribution is -0.119. The summed E-state index contributed by atoms with van der Waals surface area (Å²) < 4.78 is 10.5. The summed E-state index contributed by atoms with van der Waals surface area (Å²) in [5, 5.41) is 14.9. The first-order chi connectivity index (χ1) is 10.1. The highest BCUT2D eigenvalue weighted by molar-refractivity contribution is 6.00. The van der Waals surface area contributed by atoms with Gasteiger partial charge in [-0.05, 0) is 12.1 Å². The molecule has 1 aliphatic heterocycles. The second kappa shape index (κ2) is 7.05. The van der Waals surface area contributed by atoms with E-state index in [4.69, 9.17) is 14.6 Å². The molecule has 1 atom stereocenters. The van der Waals surface area contributed by atoms with Gasteiger partial charge in [0, 0.05) is 19.2 Å². The Kier molecular flexibility index (Phi) is 5.13. The van der Waals surface area contributed by atoms with Gasteiger partial charge in [-0.15, -0.1) is 0 Å². The lowest BCUT2D eigenvalue weighted by Crippen LogP contribution is -2.40. The highest BCUT2D eigenvalue weighted by Gasteiger charge is 2.19. The van der Waals surface area contributed by atoms with Crippen molar-refractivity contribution in [3.63, 3.8) is 0 Å². The van der Waals surface area contributed by atoms with Gasteiger partial charge in [-0.2, -0.15) is 0 Å². The summed E-state index contributed by atoms with van der Waals surface area (Å²) in [5.41, 5.74) is 0.238. The molecule has 2 rings (SSSR count). The molecule has 1 heterocycles. The number of methoxy groups -OCH3 is 1. The third kappa shape index (κ3) is 4.17. The highest BCUT2D eigenvalue weighted by atomic mass is 16.5. The van der Waals surface area contributed by atoms with Crippen LogP contribution in [0.15, 0.2) is 18.2 Å². The highest BCUT2D eigenvalue weighted by Crippen LogP contribution is 2.23. The van der Waals surface area contributed by atoms with Gasteiger partial charge < -0.3 is 25.2 Å². The van der Waals surface area contributed by atoms with E-state index >= 15 is 0 Å². The number of ether oxygens (including phenoxy) is 2. The molecule has 0 aromatic heterocycles. The van der Waals surface area contributed by atoms with Gasteiger partial charge >= 0.3 is 5.97 Å². The SMILES string of the molecule is COc1ccc(C(=O)O)c(NC(=O)CC2CNCCO2)c1. The molecule has 1 saturated heterocycles. The van der Waals surface area contributed by atoms with Crippen molar-refractivity contribution in [2.24, 2.45) is 0 Å². The maximum atomic E-state index is 12.0. The van der Waals surface area contributed by atoms with Crippen LogP contribution in [0.4, 0.5) is 5.69 Å². The lowest BCUT2D eigenvalue weighted by Gasteiger charge is -2.23. The van der Waals surface area contributed by atoms with Crippen LogP contribution in [0.25, 0.3) is 0 Å². The van der Waals surface area contributed by atoms with E-state index in [0.717, 1.165) is 6.54 Å². The maximum absolute atomic E-state index is 12.0. The fourth-order valence-electron chi connectivity index (χ4n) is 2.10. The van der Waals surface area contributed by atoms with Gasteiger partial charge in [-0.1, -0.05) is 0 Å². The average Bonchev–Trinajstić information content (AvgIpc) is 2.47. The number of rotatable bonds is 5. The molecule has 0 radical (unpaired) electrons. The van der Waals surface area contributed by atoms with Crippen LogP contribution in [0.3, 0.4) is 0 Å². The zero-order valence-corrected chi connectivity index (χ0v) is 11.7. The number of nitrogens with one attached hydrogen (secondary N) is 2. The van der Waals surface area contributed by atoms with Gasteiger partial charge in [-0.3, -0.25) is 4.79 Å². The smallest absolute Gasteiger partial charge is 0.337 e. The number of benzene rings is 1. The fraction of sp³-hybridized carbons (Fsp3) is 0.429. The molecule has 0 spiro atoms. The first-order valence-corrected chi connectivity index (χ1v) is 6.63. The van der Waals surface area contributed by atoms with Gasteiger partial charge in [0.05, 0.1) is 37.5 Å². The molecule has 1 aromatic rings. The summed E-state index contributed by atoms with van der Waals surface area (Å²) in [7, 11) is 1.48. The van der Waals surface area contributed by atoms with Crippen LogP contribution in [0, 0.1) is 0 Å². The third-order valence-corrected chi connectivity index (χ3v) is 3.15. The fourth-order valence-corrected chi connectivity index (χ4v) is 2.10. The molecular formula is C14H18N2O5. The van der Waals surface area contributed by atoms with E-state index in [0.29, 0.717) is 18.9 Å². The standard InChI is InChI=1S/C14H18N2O5/c1-20-9-2-3-11(14(18)19)12(6-9)16-13(17)7-10-8-15-4-5-21-10/h2-3,6,10,15H,4-5,7-8H2,1H3,(H,16,17)(H,18,19). The van der Waals surface area contributed by atoms with Gasteiger partial charge in [-0.25, -0.2) is 4.79 Å². The Morgan fingerprint density at radius 2 is 2.33 bits per heavy atom. The third-order valence-electron chi connectivity index (χ3n) is 3.15. The largest absolute Gasteiger partial charge is 0.497 e. The molecule has 21 heavy (non-hydrogen) atoms. The van der Waals surface area contributed by atoms with Crippen LogP contribution >= 0.6 is 0 Å². The number of anilines is 1. The van der Waals surface area contributed by atoms with Crippen molar-refractivity contribution in [3.05, 3.63) is 23.8 Å². The van der Waals surface area contributed by atoms with Crippen LogP contribution in [0.5, 0.6) is 5.75 Å². The van der Waals surface area contributed by atoms with Crippen molar-refractivity contribution in [2.75, 3.05) is 32.1 Å². The average molecular weight is 294 g/mol. The Labute approximate surface area is 122 Å². The first-order valence-electron chi connectivity index (χ1n) is 6.63. The van der Waals surface area contributed by atoms with Gasteiger partial charge in [0.25, 0.3) is 0 Å². The normalized spacial score (nSPS) is 18.0. The molecule has 0 saturated carbocycles. The Morgan fingerprint density at radius 3 is 2.95 bits per heavy atom. The monoisotopic (exact) mass is 294 g/mol. The number of carbonyl (C=O) groups excluding carboxylic acids is 1. The van der Waals surface area contributed by atoms with Crippen molar-refractivity contribution in [3.8, 4) is 5.75 Å². The first kappa shape index (κ1) is 15.3. The number of morpholine rings is 1. The molecule has 3 N–H and O–H groups in total. The zero-order valence-electron chi connectivity index (χ0n) is 11.7. The number of carboxylic acid groups (broad SMARTS) is 1. The lowest BCUT2D eigenvalue weighted by atomic mass is 10.1. The molecular weight excluding hydrogens is 276 g/mol. The van der Waals surface area contributed by atoms with Crippen LogP contribution < -0.4 is 15.4 Å². The van der Waals surface area contributed by atoms with Gasteiger partial charge in [0.15, 0.2) is 0 Å². The van der Waals surface area contributed by atoms with E-state index in [9.17, 15) is 9.59 Å². The number of aromatic carboxylic acids is 1. The molecule has 1 aliphatic rings. The van der Waals surface area contributed by atoms with Crippen molar-refractivity contribution >= 4 is 17.6 Å². The zero-order chi connectivity index (χ0) is 15.2. The Morgan fingerprint density at radius 1 is 1.52 bits per heavy atom. The number of amides is 1. The second-order valence-corrected chi connectivity index (χ2v) is 4.67. The summed E-state index contributed by atoms with van der Waals surface area (Å²) in [4.78, 5) is 23.2. The molecule has 0 aliphatic carbocycles.